The average molecular weight is 499 g/mol. The second-order valence-corrected chi connectivity index (χ2v) is 8.32. The molecule has 0 fully saturated rings. The third-order valence-corrected chi connectivity index (χ3v) is 6.16. The van der Waals surface area contributed by atoms with Crippen LogP contribution in [0.1, 0.15) is 47.0 Å². The van der Waals surface area contributed by atoms with Gasteiger partial charge in [0, 0.05) is 13.0 Å². The van der Waals surface area contributed by atoms with Gasteiger partial charge in [-0.05, 0) is 24.1 Å². The second-order valence-electron chi connectivity index (χ2n) is 8.32. The van der Waals surface area contributed by atoms with Crippen molar-refractivity contribution in [2.75, 3.05) is 12.4 Å². The smallest absolute Gasteiger partial charge is 0.322 e. The van der Waals surface area contributed by atoms with E-state index in [4.69, 9.17) is 14.1 Å². The van der Waals surface area contributed by atoms with Crippen molar-refractivity contribution in [3.8, 4) is 5.88 Å². The van der Waals surface area contributed by atoms with Crippen LogP contribution in [-0.2, 0) is 18.6 Å². The molecule has 3 heterocycles. The van der Waals surface area contributed by atoms with Crippen molar-refractivity contribution in [2.45, 2.75) is 32.4 Å². The van der Waals surface area contributed by atoms with Gasteiger partial charge < -0.3 is 18.8 Å². The lowest BCUT2D eigenvalue weighted by Gasteiger charge is -2.29. The van der Waals surface area contributed by atoms with Crippen molar-refractivity contribution in [3.05, 3.63) is 95.1 Å². The molecule has 0 saturated heterocycles. The molecule has 0 aliphatic carbocycles. The number of ether oxygens (including phenoxy) is 1. The molecule has 3 aromatic heterocycles. The molecule has 37 heavy (non-hydrogen) atoms. The van der Waals surface area contributed by atoms with Crippen molar-refractivity contribution in [1.82, 2.24) is 24.7 Å². The number of amides is 1. The lowest BCUT2D eigenvalue weighted by Crippen LogP contribution is -2.32. The Morgan fingerprint density at radius 1 is 1.03 bits per heavy atom. The summed E-state index contributed by atoms with van der Waals surface area (Å²) in [6, 6.07) is 20.3. The van der Waals surface area contributed by atoms with Gasteiger partial charge in [0.05, 0.1) is 12.6 Å². The maximum atomic E-state index is 13.1. The predicted octanol–water partition coefficient (Wildman–Crippen LogP) is 3.94. The van der Waals surface area contributed by atoms with Crippen molar-refractivity contribution < 1.29 is 19.1 Å². The van der Waals surface area contributed by atoms with E-state index in [0.29, 0.717) is 47.0 Å². The summed E-state index contributed by atoms with van der Waals surface area (Å²) in [6.07, 6.45) is 0.546. The standard InChI is InChI=1S/C27H26N6O4/c1-4-21-31-32-26(37-21)30-23(34)19-16-20-22(28-24(19)36-3)29-25(33(20)5-2)27(35,17-12-8-6-9-13-17)18-14-10-7-11-15-18/h6-16,35H,4-5H2,1-3H3,(H,30,32,34). The highest BCUT2D eigenvalue weighted by atomic mass is 16.5. The van der Waals surface area contributed by atoms with E-state index in [0.717, 1.165) is 0 Å². The van der Waals surface area contributed by atoms with E-state index in [2.05, 4.69) is 20.5 Å². The number of rotatable bonds is 8. The highest BCUT2D eigenvalue weighted by Gasteiger charge is 2.39. The lowest BCUT2D eigenvalue weighted by molar-refractivity contribution is 0.102. The summed E-state index contributed by atoms with van der Waals surface area (Å²) in [5.41, 5.74) is 0.791. The largest absolute Gasteiger partial charge is 0.480 e. The topological polar surface area (TPSA) is 128 Å². The van der Waals surface area contributed by atoms with Crippen LogP contribution in [0.15, 0.2) is 71.1 Å². The zero-order chi connectivity index (χ0) is 26.0. The van der Waals surface area contributed by atoms with E-state index in [1.54, 1.807) is 6.07 Å². The normalized spacial score (nSPS) is 11.6. The monoisotopic (exact) mass is 498 g/mol. The molecule has 10 nitrogen and oxygen atoms in total. The van der Waals surface area contributed by atoms with E-state index in [1.807, 2.05) is 79.1 Å². The molecule has 0 spiro atoms. The number of nitrogens with zero attached hydrogens (tertiary/aromatic N) is 5. The number of anilines is 1. The Kier molecular flexibility index (Phi) is 6.41. The molecule has 10 heteroatoms. The van der Waals surface area contributed by atoms with Crippen LogP contribution in [0.5, 0.6) is 5.88 Å². The van der Waals surface area contributed by atoms with E-state index in [-0.39, 0.29) is 17.5 Å². The second kappa shape index (κ2) is 9.82. The Morgan fingerprint density at radius 3 is 2.22 bits per heavy atom. The molecular formula is C27H26N6O4. The average Bonchev–Trinajstić information content (AvgIpc) is 3.56. The maximum absolute atomic E-state index is 13.1. The van der Waals surface area contributed by atoms with Crippen molar-refractivity contribution in [1.29, 1.82) is 0 Å². The van der Waals surface area contributed by atoms with Crippen molar-refractivity contribution in [3.63, 3.8) is 0 Å². The Labute approximate surface area is 213 Å². The van der Waals surface area contributed by atoms with Gasteiger partial charge in [-0.1, -0.05) is 72.7 Å². The van der Waals surface area contributed by atoms with Crippen molar-refractivity contribution >= 4 is 23.1 Å². The van der Waals surface area contributed by atoms with Gasteiger partial charge >= 0.3 is 6.01 Å². The van der Waals surface area contributed by atoms with E-state index in [1.165, 1.54) is 7.11 Å². The molecule has 5 aromatic rings. The number of hydrogen-bond donors (Lipinski definition) is 2. The minimum Gasteiger partial charge on any atom is -0.480 e. The van der Waals surface area contributed by atoms with Crippen LogP contribution in [-0.4, -0.2) is 42.9 Å². The number of fused-ring (bicyclic) bond motifs is 1. The molecule has 0 aliphatic heterocycles. The Hall–Kier alpha value is -4.57. The molecule has 0 bridgehead atoms. The van der Waals surface area contributed by atoms with Crippen LogP contribution in [0.2, 0.25) is 0 Å². The quantitative estimate of drug-likeness (QED) is 0.329. The maximum Gasteiger partial charge on any atom is 0.322 e. The number of hydrogen-bond acceptors (Lipinski definition) is 8. The number of benzene rings is 2. The number of pyridine rings is 1. The minimum absolute atomic E-state index is 0.0174. The van der Waals surface area contributed by atoms with Crippen molar-refractivity contribution in [2.24, 2.45) is 0 Å². The van der Waals surface area contributed by atoms with Crippen LogP contribution < -0.4 is 10.1 Å². The molecule has 5 rings (SSSR count). The third-order valence-electron chi connectivity index (χ3n) is 6.16. The fourth-order valence-corrected chi connectivity index (χ4v) is 4.34. The molecule has 0 saturated carbocycles. The first kappa shape index (κ1) is 24.1. The first-order valence-electron chi connectivity index (χ1n) is 11.9. The number of imidazole rings is 1. The van der Waals surface area contributed by atoms with Crippen LogP contribution in [0, 0.1) is 0 Å². The summed E-state index contributed by atoms with van der Waals surface area (Å²) in [4.78, 5) is 22.4. The molecule has 0 aliphatic rings. The number of carbonyl (C=O) groups is 1. The Morgan fingerprint density at radius 2 is 1.68 bits per heavy atom. The molecule has 2 aromatic carbocycles. The Balaban J connectivity index is 1.68. The van der Waals surface area contributed by atoms with E-state index >= 15 is 0 Å². The fraction of sp³-hybridized carbons (Fsp3) is 0.222. The summed E-state index contributed by atoms with van der Waals surface area (Å²) in [6.45, 7) is 4.28. The summed E-state index contributed by atoms with van der Waals surface area (Å²) >= 11 is 0. The van der Waals surface area contributed by atoms with Crippen LogP contribution in [0.25, 0.3) is 11.2 Å². The number of aromatic nitrogens is 5. The zero-order valence-electron chi connectivity index (χ0n) is 20.7. The molecule has 0 unspecified atom stereocenters. The van der Waals surface area contributed by atoms with Gasteiger partial charge in [0.15, 0.2) is 17.1 Å². The summed E-state index contributed by atoms with van der Waals surface area (Å²) in [5, 5.41) is 22.6. The highest BCUT2D eigenvalue weighted by Crippen LogP contribution is 2.38. The fourth-order valence-electron chi connectivity index (χ4n) is 4.34. The number of aryl methyl sites for hydroxylation is 2. The molecule has 188 valence electrons. The molecule has 1 amide bonds. The van der Waals surface area contributed by atoms with E-state index < -0.39 is 11.5 Å². The molecule has 0 radical (unpaired) electrons. The van der Waals surface area contributed by atoms with Crippen LogP contribution >= 0.6 is 0 Å². The molecule has 0 atom stereocenters. The van der Waals surface area contributed by atoms with Crippen LogP contribution in [0.4, 0.5) is 6.01 Å². The van der Waals surface area contributed by atoms with Gasteiger partial charge in [0.1, 0.15) is 5.56 Å². The Bertz CT molecular complexity index is 1510. The minimum atomic E-state index is -1.57. The molecular weight excluding hydrogens is 472 g/mol. The number of nitrogens with one attached hydrogen (secondary N) is 1. The highest BCUT2D eigenvalue weighted by molar-refractivity contribution is 6.06. The number of carbonyl (C=O) groups excluding carboxylic acids is 1. The SMILES string of the molecule is CCc1nnc(NC(=O)c2cc3c(nc2OC)nc(C(O)(c2ccccc2)c2ccccc2)n3CC)o1. The molecule has 2 N–H and O–H groups in total. The number of methoxy groups -OCH3 is 1. The third kappa shape index (κ3) is 4.21. The lowest BCUT2D eigenvalue weighted by atomic mass is 9.85. The zero-order valence-corrected chi connectivity index (χ0v) is 20.7. The van der Waals surface area contributed by atoms with Crippen LogP contribution in [0.3, 0.4) is 0 Å². The van der Waals surface area contributed by atoms with Gasteiger partial charge in [-0.25, -0.2) is 4.98 Å². The van der Waals surface area contributed by atoms with Gasteiger partial charge in [-0.3, -0.25) is 10.1 Å². The van der Waals surface area contributed by atoms with Gasteiger partial charge in [-0.15, -0.1) is 5.10 Å². The predicted molar refractivity (Wildman–Crippen MR) is 136 cm³/mol. The summed E-state index contributed by atoms with van der Waals surface area (Å²) in [5.74, 6) is 0.337. The van der Waals surface area contributed by atoms with Gasteiger partial charge in [-0.2, -0.15) is 4.98 Å². The first-order valence-corrected chi connectivity index (χ1v) is 11.9. The summed E-state index contributed by atoms with van der Waals surface area (Å²) < 4.78 is 12.7. The van der Waals surface area contributed by atoms with Gasteiger partial charge in [0.25, 0.3) is 5.91 Å². The first-order chi connectivity index (χ1) is 18.0. The van der Waals surface area contributed by atoms with Gasteiger partial charge in [0.2, 0.25) is 11.8 Å². The summed E-state index contributed by atoms with van der Waals surface area (Å²) in [7, 11) is 1.43. The van der Waals surface area contributed by atoms with E-state index in [9.17, 15) is 9.90 Å². The number of aliphatic hydroxyl groups is 1.